The van der Waals surface area contributed by atoms with Crippen LogP contribution in [0.1, 0.15) is 44.9 Å². The van der Waals surface area contributed by atoms with Crippen molar-refractivity contribution >= 4 is 23.0 Å². The van der Waals surface area contributed by atoms with Crippen LogP contribution >= 0.6 is 0 Å². The number of fused-ring (bicyclic) bond motifs is 1. The minimum atomic E-state index is -0.583. The number of aryl methyl sites for hydroxylation is 4. The van der Waals surface area contributed by atoms with Crippen LogP contribution in [0, 0.1) is 13.8 Å². The van der Waals surface area contributed by atoms with E-state index < -0.39 is 11.8 Å². The highest BCUT2D eigenvalue weighted by Gasteiger charge is 2.22. The van der Waals surface area contributed by atoms with Crippen molar-refractivity contribution in [2.24, 2.45) is 12.8 Å². The predicted octanol–water partition coefficient (Wildman–Crippen LogP) is 2.81. The van der Waals surface area contributed by atoms with E-state index in [0.29, 0.717) is 46.1 Å². The van der Waals surface area contributed by atoms with E-state index in [0.717, 1.165) is 11.1 Å². The summed E-state index contributed by atoms with van der Waals surface area (Å²) in [5.41, 5.74) is 10.4. The maximum atomic E-state index is 13.4. The van der Waals surface area contributed by atoms with E-state index in [2.05, 4.69) is 15.4 Å². The van der Waals surface area contributed by atoms with Crippen LogP contribution in [0.2, 0.25) is 0 Å². The van der Waals surface area contributed by atoms with Gasteiger partial charge in [0.15, 0.2) is 5.69 Å². The van der Waals surface area contributed by atoms with Crippen LogP contribution in [0.4, 0.5) is 5.69 Å². The molecule has 3 heterocycles. The Balaban J connectivity index is 1.57. The zero-order valence-corrected chi connectivity index (χ0v) is 21.4. The lowest BCUT2D eigenvalue weighted by molar-refractivity contribution is 0.0995. The average Bonchev–Trinajstić information content (AvgIpc) is 3.38. The van der Waals surface area contributed by atoms with E-state index in [1.54, 1.807) is 49.8 Å². The van der Waals surface area contributed by atoms with Gasteiger partial charge < -0.3 is 11.1 Å². The largest absolute Gasteiger partial charge is 0.366 e. The van der Waals surface area contributed by atoms with Crippen LogP contribution in [0.3, 0.4) is 0 Å². The van der Waals surface area contributed by atoms with Crippen molar-refractivity contribution in [1.29, 1.82) is 0 Å². The average molecular weight is 511 g/mol. The van der Waals surface area contributed by atoms with E-state index in [1.165, 1.54) is 15.3 Å². The highest BCUT2D eigenvalue weighted by molar-refractivity contribution is 6.08. The van der Waals surface area contributed by atoms with Gasteiger partial charge in [-0.3, -0.25) is 9.59 Å². The smallest absolute Gasteiger partial charge is 0.350 e. The summed E-state index contributed by atoms with van der Waals surface area (Å²) in [6, 6.07) is 13.9. The highest BCUT2D eigenvalue weighted by Crippen LogP contribution is 2.29. The number of hydrogen-bond acceptors (Lipinski definition) is 6. The molecule has 0 aliphatic heterocycles. The van der Waals surface area contributed by atoms with Gasteiger partial charge in [-0.1, -0.05) is 25.1 Å². The van der Waals surface area contributed by atoms with Crippen molar-refractivity contribution in [2.45, 2.75) is 27.2 Å². The number of carbonyl (C=O) groups is 2. The number of nitrogens with two attached hydrogens (primary N) is 1. The monoisotopic (exact) mass is 510 g/mol. The Bertz CT molecular complexity index is 1780. The zero-order chi connectivity index (χ0) is 27.1. The Labute approximate surface area is 217 Å². The summed E-state index contributed by atoms with van der Waals surface area (Å²) >= 11 is 0. The van der Waals surface area contributed by atoms with E-state index in [-0.39, 0.29) is 11.4 Å². The first-order valence-electron chi connectivity index (χ1n) is 12.0. The molecule has 11 nitrogen and oxygen atoms in total. The first-order chi connectivity index (χ1) is 18.2. The van der Waals surface area contributed by atoms with Crippen molar-refractivity contribution in [1.82, 2.24) is 28.9 Å². The summed E-state index contributed by atoms with van der Waals surface area (Å²) in [5.74, 6) is -0.422. The second kappa shape index (κ2) is 9.43. The molecule has 0 saturated heterocycles. The van der Waals surface area contributed by atoms with Crippen LogP contribution in [0.5, 0.6) is 0 Å². The number of nitrogens with zero attached hydrogens (tertiary/aromatic N) is 6. The molecule has 0 spiro atoms. The van der Waals surface area contributed by atoms with Crippen molar-refractivity contribution in [3.63, 3.8) is 0 Å². The Hall–Kier alpha value is -5.06. The minimum Gasteiger partial charge on any atom is -0.366 e. The molecule has 192 valence electrons. The first-order valence-corrected chi connectivity index (χ1v) is 12.0. The molecule has 0 atom stereocenters. The molecule has 0 aliphatic carbocycles. The number of aromatic nitrogens is 6. The Morgan fingerprint density at radius 2 is 1.79 bits per heavy atom. The highest BCUT2D eigenvalue weighted by atomic mass is 16.2. The predicted molar refractivity (Wildman–Crippen MR) is 143 cm³/mol. The summed E-state index contributed by atoms with van der Waals surface area (Å²) in [6.45, 7) is 5.56. The molecule has 2 aromatic carbocycles. The van der Waals surface area contributed by atoms with Gasteiger partial charge in [0.1, 0.15) is 11.3 Å². The molecule has 3 N–H and O–H groups in total. The second-order valence-corrected chi connectivity index (χ2v) is 8.94. The van der Waals surface area contributed by atoms with Gasteiger partial charge in [0.2, 0.25) is 5.91 Å². The number of hydrogen-bond donors (Lipinski definition) is 2. The molecule has 3 aromatic heterocycles. The molecule has 0 fully saturated rings. The fourth-order valence-electron chi connectivity index (χ4n) is 4.57. The van der Waals surface area contributed by atoms with Crippen molar-refractivity contribution in [2.75, 3.05) is 5.32 Å². The molecule has 0 aliphatic rings. The van der Waals surface area contributed by atoms with Gasteiger partial charge in [-0.2, -0.15) is 10.2 Å². The lowest BCUT2D eigenvalue weighted by atomic mass is 10.0. The normalized spacial score (nSPS) is 11.2. The van der Waals surface area contributed by atoms with E-state index in [1.807, 2.05) is 31.2 Å². The van der Waals surface area contributed by atoms with Gasteiger partial charge in [0.05, 0.1) is 23.3 Å². The molecule has 0 bridgehead atoms. The lowest BCUT2D eigenvalue weighted by Crippen LogP contribution is -2.21. The van der Waals surface area contributed by atoms with E-state index in [4.69, 9.17) is 10.8 Å². The van der Waals surface area contributed by atoms with Crippen LogP contribution in [-0.2, 0) is 13.5 Å². The van der Waals surface area contributed by atoms with Gasteiger partial charge in [-0.15, -0.1) is 0 Å². The van der Waals surface area contributed by atoms with Gasteiger partial charge in [-0.25, -0.2) is 23.5 Å². The van der Waals surface area contributed by atoms with Gasteiger partial charge in [-0.05, 0) is 50.6 Å². The van der Waals surface area contributed by atoms with Gasteiger partial charge in [0.25, 0.3) is 5.91 Å². The number of anilines is 1. The number of benzene rings is 2. The lowest BCUT2D eigenvalue weighted by Gasteiger charge is -2.09. The molecule has 5 rings (SSSR count). The van der Waals surface area contributed by atoms with Crippen LogP contribution in [0.25, 0.3) is 22.5 Å². The molecule has 5 aromatic rings. The van der Waals surface area contributed by atoms with Crippen molar-refractivity contribution in [3.05, 3.63) is 93.6 Å². The molecule has 0 radical (unpaired) electrons. The molecular weight excluding hydrogens is 484 g/mol. The Kier molecular flexibility index (Phi) is 6.11. The first kappa shape index (κ1) is 24.6. The maximum absolute atomic E-state index is 13.4. The molecule has 0 unspecified atom stereocenters. The van der Waals surface area contributed by atoms with Gasteiger partial charge in [0, 0.05) is 29.4 Å². The fourth-order valence-corrected chi connectivity index (χ4v) is 4.57. The third-order valence-corrected chi connectivity index (χ3v) is 6.29. The van der Waals surface area contributed by atoms with Crippen molar-refractivity contribution in [3.8, 4) is 16.9 Å². The quantitative estimate of drug-likeness (QED) is 0.360. The number of carbonyl (C=O) groups excluding carboxylic acids is 2. The summed E-state index contributed by atoms with van der Waals surface area (Å²) in [5, 5.41) is 11.8. The number of rotatable bonds is 6. The molecule has 38 heavy (non-hydrogen) atoms. The SMILES string of the molecule is CCc1c(-c2ccc(-n3c(C)nn(C)c3=O)cc2)nn2cc(C)nc(C(=O)Nc3cccc(C(N)=O)c3)c12. The third-order valence-electron chi connectivity index (χ3n) is 6.29. The molecule has 0 saturated carbocycles. The summed E-state index contributed by atoms with van der Waals surface area (Å²) in [4.78, 5) is 41.9. The van der Waals surface area contributed by atoms with Crippen LogP contribution < -0.4 is 16.7 Å². The molecule has 2 amide bonds. The fraction of sp³-hybridized carbons (Fsp3) is 0.185. The minimum absolute atomic E-state index is 0.222. The second-order valence-electron chi connectivity index (χ2n) is 8.94. The zero-order valence-electron chi connectivity index (χ0n) is 21.4. The third kappa shape index (κ3) is 4.23. The van der Waals surface area contributed by atoms with Crippen molar-refractivity contribution < 1.29 is 9.59 Å². The van der Waals surface area contributed by atoms with E-state index >= 15 is 0 Å². The van der Waals surface area contributed by atoms with Crippen LogP contribution in [-0.4, -0.2) is 40.8 Å². The van der Waals surface area contributed by atoms with Crippen LogP contribution in [0.15, 0.2) is 59.5 Å². The Morgan fingerprint density at radius 3 is 2.42 bits per heavy atom. The number of amides is 2. The van der Waals surface area contributed by atoms with E-state index in [9.17, 15) is 14.4 Å². The standard InChI is InChI=1S/C27H26N8O3/c1-5-21-22(17-9-11-20(12-10-17)35-16(3)31-33(4)27(35)38)32-34-14-15(2)29-23(24(21)34)26(37)30-19-8-6-7-18(13-19)25(28)36/h6-14H,5H2,1-4H3,(H2,28,36)(H,30,37). The topological polar surface area (TPSA) is 142 Å². The van der Waals surface area contributed by atoms with Gasteiger partial charge >= 0.3 is 5.69 Å². The summed E-state index contributed by atoms with van der Waals surface area (Å²) in [7, 11) is 1.61. The molecule has 11 heteroatoms. The summed E-state index contributed by atoms with van der Waals surface area (Å²) < 4.78 is 4.51. The molecular formula is C27H26N8O3. The Morgan fingerprint density at radius 1 is 1.05 bits per heavy atom. The number of nitrogens with one attached hydrogen (secondary N) is 1. The summed E-state index contributed by atoms with van der Waals surface area (Å²) in [6.07, 6.45) is 2.37. The maximum Gasteiger partial charge on any atom is 0.350 e. The number of primary amides is 1.